The molecule has 0 bridgehead atoms. The van der Waals surface area contributed by atoms with Gasteiger partial charge in [0.15, 0.2) is 0 Å². The third-order valence-corrected chi connectivity index (χ3v) is 3.98. The summed E-state index contributed by atoms with van der Waals surface area (Å²) in [6.07, 6.45) is 4.20. The van der Waals surface area contributed by atoms with Gasteiger partial charge in [0.1, 0.15) is 0 Å². The average Bonchev–Trinajstić information content (AvgIpc) is 2.58. The van der Waals surface area contributed by atoms with Crippen molar-refractivity contribution in [1.29, 1.82) is 0 Å². The van der Waals surface area contributed by atoms with Crippen molar-refractivity contribution in [2.75, 3.05) is 53.5 Å². The summed E-state index contributed by atoms with van der Waals surface area (Å²) in [6, 6.07) is 0. The minimum Gasteiger partial charge on any atom is -0.383 e. The third kappa shape index (κ3) is 2.71. The average molecular weight is 212 g/mol. The molecule has 2 aliphatic rings. The third-order valence-electron chi connectivity index (χ3n) is 3.98. The highest BCUT2D eigenvalue weighted by Gasteiger charge is 2.40. The second-order valence-electron chi connectivity index (χ2n) is 5.36. The molecular weight excluding hydrogens is 188 g/mol. The first-order valence-corrected chi connectivity index (χ1v) is 6.14. The van der Waals surface area contributed by atoms with Crippen molar-refractivity contribution in [3.8, 4) is 0 Å². The number of likely N-dealkylation sites (tertiary alicyclic amines) is 2. The minimum atomic E-state index is 0.612. The van der Waals surface area contributed by atoms with Gasteiger partial charge in [0.05, 0.1) is 6.61 Å². The Kier molecular flexibility index (Phi) is 3.65. The topological polar surface area (TPSA) is 15.7 Å². The van der Waals surface area contributed by atoms with E-state index >= 15 is 0 Å². The molecule has 2 fully saturated rings. The van der Waals surface area contributed by atoms with Crippen LogP contribution in [0.25, 0.3) is 0 Å². The fraction of sp³-hybridized carbons (Fsp3) is 1.00. The van der Waals surface area contributed by atoms with Crippen LogP contribution in [0.5, 0.6) is 0 Å². The molecule has 0 aromatic rings. The maximum Gasteiger partial charge on any atom is 0.0589 e. The zero-order valence-corrected chi connectivity index (χ0v) is 10.2. The van der Waals surface area contributed by atoms with Gasteiger partial charge in [-0.25, -0.2) is 0 Å². The first kappa shape index (κ1) is 11.4. The Bertz CT molecular complexity index is 210. The molecule has 2 heterocycles. The van der Waals surface area contributed by atoms with Crippen LogP contribution in [0.15, 0.2) is 0 Å². The van der Waals surface area contributed by atoms with Crippen molar-refractivity contribution >= 4 is 0 Å². The largest absolute Gasteiger partial charge is 0.383 e. The van der Waals surface area contributed by atoms with Crippen LogP contribution in [-0.4, -0.2) is 63.3 Å². The Morgan fingerprint density at radius 2 is 2.07 bits per heavy atom. The summed E-state index contributed by atoms with van der Waals surface area (Å²) in [7, 11) is 4.05. The van der Waals surface area contributed by atoms with Gasteiger partial charge in [0.25, 0.3) is 0 Å². The van der Waals surface area contributed by atoms with Crippen LogP contribution < -0.4 is 0 Å². The van der Waals surface area contributed by atoms with Crippen molar-refractivity contribution in [3.63, 3.8) is 0 Å². The quantitative estimate of drug-likeness (QED) is 0.695. The zero-order valence-electron chi connectivity index (χ0n) is 10.2. The van der Waals surface area contributed by atoms with Gasteiger partial charge in [-0.3, -0.25) is 0 Å². The molecule has 88 valence electrons. The van der Waals surface area contributed by atoms with Gasteiger partial charge in [0, 0.05) is 26.7 Å². The standard InChI is InChI=1S/C12H24N2O/c1-13-6-3-4-12(10-13)5-7-14(11-12)8-9-15-2/h3-11H2,1-2H3. The lowest BCUT2D eigenvalue weighted by Crippen LogP contribution is -2.43. The smallest absolute Gasteiger partial charge is 0.0589 e. The van der Waals surface area contributed by atoms with Crippen LogP contribution in [0.4, 0.5) is 0 Å². The lowest BCUT2D eigenvalue weighted by atomic mass is 9.79. The predicted molar refractivity (Wildman–Crippen MR) is 62.1 cm³/mol. The highest BCUT2D eigenvalue weighted by atomic mass is 16.5. The molecule has 2 saturated heterocycles. The summed E-state index contributed by atoms with van der Waals surface area (Å²) >= 11 is 0. The molecule has 1 atom stereocenters. The lowest BCUT2D eigenvalue weighted by Gasteiger charge is -2.38. The van der Waals surface area contributed by atoms with Gasteiger partial charge in [-0.05, 0) is 44.8 Å². The van der Waals surface area contributed by atoms with Crippen LogP contribution in [0.3, 0.4) is 0 Å². The molecule has 0 aliphatic carbocycles. The molecule has 0 aromatic carbocycles. The van der Waals surface area contributed by atoms with Gasteiger partial charge < -0.3 is 14.5 Å². The number of piperidine rings is 1. The first-order valence-electron chi connectivity index (χ1n) is 6.14. The van der Waals surface area contributed by atoms with E-state index in [1.807, 2.05) is 0 Å². The molecule has 0 saturated carbocycles. The summed E-state index contributed by atoms with van der Waals surface area (Å²) in [5, 5.41) is 0. The number of hydrogen-bond acceptors (Lipinski definition) is 3. The Hall–Kier alpha value is -0.120. The normalized spacial score (nSPS) is 34.0. The second kappa shape index (κ2) is 4.81. The number of hydrogen-bond donors (Lipinski definition) is 0. The molecule has 0 amide bonds. The molecule has 0 aromatic heterocycles. The monoisotopic (exact) mass is 212 g/mol. The van der Waals surface area contributed by atoms with Gasteiger partial charge in [0.2, 0.25) is 0 Å². The van der Waals surface area contributed by atoms with Crippen LogP contribution >= 0.6 is 0 Å². The van der Waals surface area contributed by atoms with Crippen LogP contribution in [0.1, 0.15) is 19.3 Å². The van der Waals surface area contributed by atoms with Crippen LogP contribution in [-0.2, 0) is 4.74 Å². The molecule has 0 N–H and O–H groups in total. The minimum absolute atomic E-state index is 0.612. The van der Waals surface area contributed by atoms with Crippen molar-refractivity contribution in [2.45, 2.75) is 19.3 Å². The van der Waals surface area contributed by atoms with Crippen molar-refractivity contribution in [1.82, 2.24) is 9.80 Å². The number of methoxy groups -OCH3 is 1. The maximum absolute atomic E-state index is 5.15. The highest BCUT2D eigenvalue weighted by molar-refractivity contribution is 4.94. The number of nitrogens with zero attached hydrogens (tertiary/aromatic N) is 2. The van der Waals surface area contributed by atoms with E-state index in [0.717, 1.165) is 13.2 Å². The van der Waals surface area contributed by atoms with Crippen LogP contribution in [0, 0.1) is 5.41 Å². The predicted octanol–water partition coefficient (Wildman–Crippen LogP) is 1.05. The van der Waals surface area contributed by atoms with E-state index in [1.54, 1.807) is 7.11 Å². The van der Waals surface area contributed by atoms with E-state index in [4.69, 9.17) is 4.74 Å². The molecule has 15 heavy (non-hydrogen) atoms. The van der Waals surface area contributed by atoms with E-state index < -0.39 is 0 Å². The Labute approximate surface area is 93.4 Å². The summed E-state index contributed by atoms with van der Waals surface area (Å²) in [5.74, 6) is 0. The second-order valence-corrected chi connectivity index (χ2v) is 5.36. The van der Waals surface area contributed by atoms with Crippen LogP contribution in [0.2, 0.25) is 0 Å². The summed E-state index contributed by atoms with van der Waals surface area (Å²) in [5.41, 5.74) is 0.612. The molecule has 1 spiro atoms. The first-order chi connectivity index (χ1) is 7.24. The van der Waals surface area contributed by atoms with Crippen molar-refractivity contribution < 1.29 is 4.74 Å². The molecular formula is C12H24N2O. The fourth-order valence-corrected chi connectivity index (χ4v) is 3.23. The van der Waals surface area contributed by atoms with Gasteiger partial charge in [-0.1, -0.05) is 0 Å². The molecule has 3 nitrogen and oxygen atoms in total. The van der Waals surface area contributed by atoms with E-state index in [1.165, 1.54) is 45.4 Å². The summed E-state index contributed by atoms with van der Waals surface area (Å²) in [6.45, 7) is 7.15. The van der Waals surface area contributed by atoms with Gasteiger partial charge in [-0.15, -0.1) is 0 Å². The van der Waals surface area contributed by atoms with Gasteiger partial charge in [-0.2, -0.15) is 0 Å². The molecule has 0 radical (unpaired) electrons. The Morgan fingerprint density at radius 3 is 2.80 bits per heavy atom. The van der Waals surface area contributed by atoms with E-state index in [9.17, 15) is 0 Å². The van der Waals surface area contributed by atoms with Crippen molar-refractivity contribution in [3.05, 3.63) is 0 Å². The summed E-state index contributed by atoms with van der Waals surface area (Å²) in [4.78, 5) is 5.08. The van der Waals surface area contributed by atoms with E-state index in [0.29, 0.717) is 5.41 Å². The zero-order chi connectivity index (χ0) is 10.7. The van der Waals surface area contributed by atoms with Crippen molar-refractivity contribution in [2.24, 2.45) is 5.41 Å². The lowest BCUT2D eigenvalue weighted by molar-refractivity contribution is 0.104. The fourth-order valence-electron chi connectivity index (χ4n) is 3.23. The number of rotatable bonds is 3. The molecule has 2 rings (SSSR count). The Balaban J connectivity index is 1.84. The highest BCUT2D eigenvalue weighted by Crippen LogP contribution is 2.38. The van der Waals surface area contributed by atoms with E-state index in [-0.39, 0.29) is 0 Å². The number of ether oxygens (including phenoxy) is 1. The molecule has 1 unspecified atom stereocenters. The molecule has 3 heteroatoms. The van der Waals surface area contributed by atoms with E-state index in [2.05, 4.69) is 16.8 Å². The summed E-state index contributed by atoms with van der Waals surface area (Å²) < 4.78 is 5.15. The SMILES string of the molecule is COCCN1CCC2(CCCN(C)C2)C1. The Morgan fingerprint density at radius 1 is 1.20 bits per heavy atom. The van der Waals surface area contributed by atoms with Gasteiger partial charge >= 0.3 is 0 Å². The maximum atomic E-state index is 5.15. The molecule has 2 aliphatic heterocycles.